The Kier molecular flexibility index (Phi) is 6.30. The number of ether oxygens (including phenoxy) is 2. The highest BCUT2D eigenvalue weighted by atomic mass is 79.9. The van der Waals surface area contributed by atoms with Crippen LogP contribution in [0.15, 0.2) is 95.9 Å². The fraction of sp³-hybridized carbons (Fsp3) is 0.207. The van der Waals surface area contributed by atoms with Gasteiger partial charge < -0.3 is 24.5 Å². The van der Waals surface area contributed by atoms with Gasteiger partial charge in [-0.1, -0.05) is 76.7 Å². The van der Waals surface area contributed by atoms with Crippen LogP contribution in [0.2, 0.25) is 0 Å². The Morgan fingerprint density at radius 3 is 2.49 bits per heavy atom. The summed E-state index contributed by atoms with van der Waals surface area (Å²) in [6, 6.07) is 21.4. The lowest BCUT2D eigenvalue weighted by Crippen LogP contribution is -2.52. The molecule has 1 aliphatic carbocycles. The van der Waals surface area contributed by atoms with Crippen molar-refractivity contribution < 1.29 is 29.3 Å². The molecule has 2 aliphatic rings. The van der Waals surface area contributed by atoms with Crippen LogP contribution in [0, 0.1) is 10.6 Å². The van der Waals surface area contributed by atoms with Crippen molar-refractivity contribution in [3.8, 4) is 11.5 Å². The van der Waals surface area contributed by atoms with Crippen LogP contribution in [0.1, 0.15) is 22.6 Å². The third kappa shape index (κ3) is 3.66. The molecule has 0 spiro atoms. The molecule has 1 saturated carbocycles. The number of hydrogen-bond acceptors (Lipinski definition) is 8. The summed E-state index contributed by atoms with van der Waals surface area (Å²) in [4.78, 5) is 23.9. The van der Waals surface area contributed by atoms with Gasteiger partial charge in [0.2, 0.25) is 0 Å². The van der Waals surface area contributed by atoms with Gasteiger partial charge in [0.05, 0.1) is 31.0 Å². The SMILES string of the molecule is COc1cncc2c1[C@]1(O)[C@H](O)[C@H](C(=O)On3ccccc3=S)[C@@H](c3ccccc3)[C@]1(c1ccc(Br)cc1)O2. The van der Waals surface area contributed by atoms with Gasteiger partial charge in [-0.2, -0.15) is 4.73 Å². The van der Waals surface area contributed by atoms with Crippen LogP contribution >= 0.6 is 28.1 Å². The number of fused-ring (bicyclic) bond motifs is 3. The lowest BCUT2D eigenvalue weighted by atomic mass is 9.70. The van der Waals surface area contributed by atoms with E-state index in [1.165, 1.54) is 25.7 Å². The Hall–Kier alpha value is -3.57. The minimum Gasteiger partial charge on any atom is -0.495 e. The van der Waals surface area contributed by atoms with Gasteiger partial charge in [0, 0.05) is 16.6 Å². The lowest BCUT2D eigenvalue weighted by molar-refractivity contribution is -0.163. The van der Waals surface area contributed by atoms with Gasteiger partial charge in [0.1, 0.15) is 22.2 Å². The van der Waals surface area contributed by atoms with Crippen molar-refractivity contribution in [1.82, 2.24) is 9.71 Å². The number of carbonyl (C=O) groups excluding carboxylic acids is 1. The third-order valence-corrected chi connectivity index (χ3v) is 8.41. The molecule has 5 atom stereocenters. The first-order valence-corrected chi connectivity index (χ1v) is 13.4. The Morgan fingerprint density at radius 2 is 1.79 bits per heavy atom. The number of pyridine rings is 2. The standard InChI is InChI=1S/C29H23BrN2O6S/c1-36-20-15-31-16-21-25(20)28(35)26(33)23(27(34)38-32-14-6-5-9-22(32)39)24(17-7-3-2-4-8-17)29(28,37-21)18-10-12-19(30)13-11-18/h2-16,23-24,26,33,35H,1H3/t23-,24-,26-,28+,29+/m1/s1. The first-order valence-electron chi connectivity index (χ1n) is 12.2. The average molecular weight is 607 g/mol. The minimum atomic E-state index is -2.13. The predicted octanol–water partition coefficient (Wildman–Crippen LogP) is 4.29. The Balaban J connectivity index is 1.63. The van der Waals surface area contributed by atoms with Crippen LogP contribution in [0.5, 0.6) is 11.5 Å². The summed E-state index contributed by atoms with van der Waals surface area (Å²) in [5.41, 5.74) is -2.37. The normalized spacial score (nSPS) is 26.8. The molecule has 2 aromatic heterocycles. The second kappa shape index (κ2) is 9.56. The quantitative estimate of drug-likeness (QED) is 0.324. The molecular formula is C29H23BrN2O6S. The monoisotopic (exact) mass is 606 g/mol. The Bertz CT molecular complexity index is 1610. The topological polar surface area (TPSA) is 103 Å². The molecule has 6 rings (SSSR count). The van der Waals surface area contributed by atoms with Gasteiger partial charge >= 0.3 is 5.97 Å². The number of nitrogens with zero attached hydrogens (tertiary/aromatic N) is 2. The number of aromatic nitrogens is 2. The van der Waals surface area contributed by atoms with Gasteiger partial charge in [-0.15, -0.1) is 0 Å². The Labute approximate surface area is 237 Å². The molecule has 0 unspecified atom stereocenters. The summed E-state index contributed by atoms with van der Waals surface area (Å²) in [6.07, 6.45) is 2.76. The molecule has 8 nitrogen and oxygen atoms in total. The maximum atomic E-state index is 14.0. The zero-order valence-electron chi connectivity index (χ0n) is 20.6. The molecule has 1 fully saturated rings. The van der Waals surface area contributed by atoms with Crippen molar-refractivity contribution >= 4 is 34.1 Å². The molecule has 0 bridgehead atoms. The zero-order valence-corrected chi connectivity index (χ0v) is 23.0. The van der Waals surface area contributed by atoms with E-state index in [4.69, 9.17) is 26.5 Å². The fourth-order valence-corrected chi connectivity index (χ4v) is 6.44. The van der Waals surface area contributed by atoms with E-state index in [0.29, 0.717) is 11.1 Å². The van der Waals surface area contributed by atoms with E-state index >= 15 is 0 Å². The summed E-state index contributed by atoms with van der Waals surface area (Å²) >= 11 is 8.79. The van der Waals surface area contributed by atoms with E-state index < -0.39 is 35.1 Å². The highest BCUT2D eigenvalue weighted by Gasteiger charge is 2.78. The van der Waals surface area contributed by atoms with Crippen molar-refractivity contribution in [2.24, 2.45) is 5.92 Å². The van der Waals surface area contributed by atoms with Crippen molar-refractivity contribution in [1.29, 1.82) is 0 Å². The first-order chi connectivity index (χ1) is 18.8. The van der Waals surface area contributed by atoms with E-state index in [1.807, 2.05) is 42.5 Å². The molecule has 2 aromatic carbocycles. The molecule has 198 valence electrons. The largest absolute Gasteiger partial charge is 0.495 e. The van der Waals surface area contributed by atoms with Gasteiger partial charge in [0.25, 0.3) is 0 Å². The van der Waals surface area contributed by atoms with E-state index in [2.05, 4.69) is 20.9 Å². The number of rotatable bonds is 5. The summed E-state index contributed by atoms with van der Waals surface area (Å²) in [5, 5.41) is 24.8. The molecule has 10 heteroatoms. The molecule has 1 aliphatic heterocycles. The van der Waals surface area contributed by atoms with Crippen LogP contribution in [-0.2, 0) is 16.0 Å². The second-order valence-electron chi connectivity index (χ2n) is 9.46. The minimum absolute atomic E-state index is 0.211. The summed E-state index contributed by atoms with van der Waals surface area (Å²) in [7, 11) is 1.44. The summed E-state index contributed by atoms with van der Waals surface area (Å²) in [5.74, 6) is -2.48. The third-order valence-electron chi connectivity index (χ3n) is 7.56. The molecule has 2 N–H and O–H groups in total. The number of carbonyl (C=O) groups is 1. The molecule has 39 heavy (non-hydrogen) atoms. The second-order valence-corrected chi connectivity index (χ2v) is 10.8. The zero-order chi connectivity index (χ0) is 27.4. The molecule has 3 heterocycles. The van der Waals surface area contributed by atoms with Crippen LogP contribution in [-0.4, -0.2) is 39.1 Å². The number of hydrogen-bond donors (Lipinski definition) is 2. The molecule has 0 saturated heterocycles. The number of aliphatic hydroxyl groups is 2. The van der Waals surface area contributed by atoms with Gasteiger partial charge in [0.15, 0.2) is 11.2 Å². The van der Waals surface area contributed by atoms with Crippen LogP contribution < -0.4 is 14.3 Å². The number of halogens is 1. The van der Waals surface area contributed by atoms with E-state index in [0.717, 1.165) is 9.20 Å². The molecular weight excluding hydrogens is 584 g/mol. The van der Waals surface area contributed by atoms with Crippen LogP contribution in [0.25, 0.3) is 0 Å². The molecule has 4 aromatic rings. The highest BCUT2D eigenvalue weighted by Crippen LogP contribution is 2.69. The number of aliphatic hydroxyl groups excluding tert-OH is 1. The molecule has 0 amide bonds. The average Bonchev–Trinajstić information content (AvgIpc) is 3.33. The number of methoxy groups -OCH3 is 1. The van der Waals surface area contributed by atoms with Gasteiger partial charge in [-0.05, 0) is 35.4 Å². The van der Waals surface area contributed by atoms with Crippen molar-refractivity contribution in [2.75, 3.05) is 7.11 Å². The van der Waals surface area contributed by atoms with E-state index in [9.17, 15) is 15.0 Å². The van der Waals surface area contributed by atoms with Gasteiger partial charge in [-0.25, -0.2) is 4.79 Å². The first kappa shape index (κ1) is 25.7. The van der Waals surface area contributed by atoms with Crippen molar-refractivity contribution in [3.63, 3.8) is 0 Å². The maximum Gasteiger partial charge on any atom is 0.339 e. The lowest BCUT2D eigenvalue weighted by Gasteiger charge is -2.40. The smallest absolute Gasteiger partial charge is 0.339 e. The fourth-order valence-electron chi connectivity index (χ4n) is 6.00. The highest BCUT2D eigenvalue weighted by molar-refractivity contribution is 9.10. The molecule has 0 radical (unpaired) electrons. The summed E-state index contributed by atoms with van der Waals surface area (Å²) in [6.45, 7) is 0. The number of benzene rings is 2. The van der Waals surface area contributed by atoms with Crippen molar-refractivity contribution in [3.05, 3.63) is 117 Å². The maximum absolute atomic E-state index is 14.0. The van der Waals surface area contributed by atoms with Gasteiger partial charge in [-0.3, -0.25) is 4.98 Å². The van der Waals surface area contributed by atoms with Crippen molar-refractivity contribution in [2.45, 2.75) is 23.2 Å². The summed E-state index contributed by atoms with van der Waals surface area (Å²) < 4.78 is 14.5. The Morgan fingerprint density at radius 1 is 1.08 bits per heavy atom. The predicted molar refractivity (Wildman–Crippen MR) is 147 cm³/mol. The van der Waals surface area contributed by atoms with Crippen LogP contribution in [0.4, 0.5) is 0 Å². The van der Waals surface area contributed by atoms with E-state index in [-0.39, 0.29) is 21.7 Å². The van der Waals surface area contributed by atoms with E-state index in [1.54, 1.807) is 30.3 Å². The van der Waals surface area contributed by atoms with Crippen LogP contribution in [0.3, 0.4) is 0 Å².